The molecule has 4 rings (SSSR count). The van der Waals surface area contributed by atoms with Crippen molar-refractivity contribution in [1.82, 2.24) is 14.5 Å². The second-order valence-electron chi connectivity index (χ2n) is 9.01. The third-order valence-electron chi connectivity index (χ3n) is 6.45. The number of para-hydroxylation sites is 1. The summed E-state index contributed by atoms with van der Waals surface area (Å²) in [7, 11) is 0. The molecule has 6 nitrogen and oxygen atoms in total. The molecule has 1 aromatic heterocycles. The van der Waals surface area contributed by atoms with Gasteiger partial charge in [-0.1, -0.05) is 55.8 Å². The molecule has 1 unspecified atom stereocenters. The molecule has 1 fully saturated rings. The number of unbranched alkanes of at least 4 members (excludes halogenated alkanes) is 1. The van der Waals surface area contributed by atoms with Gasteiger partial charge in [-0.05, 0) is 37.0 Å². The molecule has 0 radical (unpaired) electrons. The first-order valence-electron chi connectivity index (χ1n) is 12.2. The zero-order valence-electron chi connectivity index (χ0n) is 19.5. The minimum absolute atomic E-state index is 0.0829. The molecule has 0 aliphatic carbocycles. The van der Waals surface area contributed by atoms with Gasteiger partial charge < -0.3 is 14.7 Å². The van der Waals surface area contributed by atoms with E-state index in [4.69, 9.17) is 9.72 Å². The Balaban J connectivity index is 1.35. The SMILES string of the molecule is CCCCc1nc2ccccc2c(=O)n1C1CCN(CC(O)COCc2ccccc2)CC1. The van der Waals surface area contributed by atoms with Gasteiger partial charge in [0.15, 0.2) is 0 Å². The number of aliphatic hydroxyl groups is 1. The van der Waals surface area contributed by atoms with Gasteiger partial charge in [-0.15, -0.1) is 0 Å². The number of aryl methyl sites for hydroxylation is 1. The molecule has 1 saturated heterocycles. The highest BCUT2D eigenvalue weighted by molar-refractivity contribution is 5.77. The molecule has 176 valence electrons. The van der Waals surface area contributed by atoms with E-state index in [1.54, 1.807) is 0 Å². The Bertz CT molecular complexity index is 1070. The number of aromatic nitrogens is 2. The molecule has 6 heteroatoms. The number of fused-ring (bicyclic) bond motifs is 1. The lowest BCUT2D eigenvalue weighted by Gasteiger charge is -2.34. The van der Waals surface area contributed by atoms with Crippen LogP contribution in [0.4, 0.5) is 0 Å². The standard InChI is InChI=1S/C27H35N3O3/c1-2-3-13-26-28-25-12-8-7-11-24(25)27(32)30(26)22-14-16-29(17-15-22)18-23(31)20-33-19-21-9-5-4-6-10-21/h4-12,22-23,31H,2-3,13-20H2,1H3. The number of β-amino-alcohol motifs (C(OH)–C–C–N with tert-alkyl or cyclic N) is 1. The van der Waals surface area contributed by atoms with E-state index in [9.17, 15) is 9.90 Å². The molecule has 0 amide bonds. The maximum atomic E-state index is 13.4. The molecule has 1 aliphatic heterocycles. The van der Waals surface area contributed by atoms with E-state index in [1.165, 1.54) is 0 Å². The minimum atomic E-state index is -0.518. The summed E-state index contributed by atoms with van der Waals surface area (Å²) in [4.78, 5) is 20.5. The molecule has 0 bridgehead atoms. The van der Waals surface area contributed by atoms with E-state index in [1.807, 2.05) is 59.2 Å². The Hall–Kier alpha value is -2.54. The topological polar surface area (TPSA) is 67.6 Å². The van der Waals surface area contributed by atoms with Crippen LogP contribution in [0.25, 0.3) is 10.9 Å². The summed E-state index contributed by atoms with van der Waals surface area (Å²) in [6.07, 6.45) is 4.18. The van der Waals surface area contributed by atoms with Crippen molar-refractivity contribution < 1.29 is 9.84 Å². The van der Waals surface area contributed by atoms with Crippen molar-refractivity contribution >= 4 is 10.9 Å². The Morgan fingerprint density at radius 2 is 1.82 bits per heavy atom. The molecule has 1 aliphatic rings. The number of nitrogens with zero attached hydrogens (tertiary/aromatic N) is 3. The zero-order valence-corrected chi connectivity index (χ0v) is 19.5. The van der Waals surface area contributed by atoms with Crippen molar-refractivity contribution in [2.75, 3.05) is 26.2 Å². The van der Waals surface area contributed by atoms with Crippen LogP contribution in [0.2, 0.25) is 0 Å². The molecule has 2 aromatic carbocycles. The Labute approximate surface area is 195 Å². The van der Waals surface area contributed by atoms with Gasteiger partial charge in [0.2, 0.25) is 0 Å². The van der Waals surface area contributed by atoms with Crippen LogP contribution in [0.15, 0.2) is 59.4 Å². The molecule has 2 heterocycles. The molecular weight excluding hydrogens is 414 g/mol. The van der Waals surface area contributed by atoms with Crippen molar-refractivity contribution in [2.45, 2.75) is 57.8 Å². The van der Waals surface area contributed by atoms with E-state index in [0.29, 0.717) is 25.1 Å². The van der Waals surface area contributed by atoms with Gasteiger partial charge in [0, 0.05) is 32.1 Å². The monoisotopic (exact) mass is 449 g/mol. The normalized spacial score (nSPS) is 16.3. The summed E-state index contributed by atoms with van der Waals surface area (Å²) in [5.74, 6) is 0.911. The Morgan fingerprint density at radius 3 is 2.58 bits per heavy atom. The molecule has 1 N–H and O–H groups in total. The third-order valence-corrected chi connectivity index (χ3v) is 6.45. The summed E-state index contributed by atoms with van der Waals surface area (Å²) in [5, 5.41) is 11.1. The Kier molecular flexibility index (Phi) is 8.26. The fourth-order valence-electron chi connectivity index (χ4n) is 4.68. The van der Waals surface area contributed by atoms with E-state index >= 15 is 0 Å². The van der Waals surface area contributed by atoms with Crippen molar-refractivity contribution in [2.24, 2.45) is 0 Å². The first-order valence-corrected chi connectivity index (χ1v) is 12.2. The summed E-state index contributed by atoms with van der Waals surface area (Å²) >= 11 is 0. The number of benzene rings is 2. The van der Waals surface area contributed by atoms with Gasteiger partial charge in [-0.3, -0.25) is 9.36 Å². The number of ether oxygens (including phenoxy) is 1. The molecule has 33 heavy (non-hydrogen) atoms. The van der Waals surface area contributed by atoms with Gasteiger partial charge >= 0.3 is 0 Å². The van der Waals surface area contributed by atoms with Crippen molar-refractivity contribution in [3.05, 3.63) is 76.3 Å². The lowest BCUT2D eigenvalue weighted by atomic mass is 10.0. The fourth-order valence-corrected chi connectivity index (χ4v) is 4.68. The van der Waals surface area contributed by atoms with E-state index < -0.39 is 6.10 Å². The van der Waals surface area contributed by atoms with Crippen LogP contribution in [-0.4, -0.2) is 51.9 Å². The predicted molar refractivity (Wildman–Crippen MR) is 131 cm³/mol. The number of likely N-dealkylation sites (tertiary alicyclic amines) is 1. The summed E-state index contributed by atoms with van der Waals surface area (Å²) < 4.78 is 7.66. The molecular formula is C27H35N3O3. The van der Waals surface area contributed by atoms with Gasteiger partial charge in [0.1, 0.15) is 5.82 Å². The maximum Gasteiger partial charge on any atom is 0.261 e. The fraction of sp³-hybridized carbons (Fsp3) is 0.481. The Morgan fingerprint density at radius 1 is 1.09 bits per heavy atom. The molecule has 0 saturated carbocycles. The first-order chi connectivity index (χ1) is 16.2. The van der Waals surface area contributed by atoms with Crippen LogP contribution in [-0.2, 0) is 17.8 Å². The first kappa shape index (κ1) is 23.6. The number of piperidine rings is 1. The van der Waals surface area contributed by atoms with Crippen LogP contribution >= 0.6 is 0 Å². The van der Waals surface area contributed by atoms with Gasteiger partial charge in [-0.25, -0.2) is 4.98 Å². The second-order valence-corrected chi connectivity index (χ2v) is 9.01. The van der Waals surface area contributed by atoms with Crippen LogP contribution in [0.5, 0.6) is 0 Å². The summed E-state index contributed by atoms with van der Waals surface area (Å²) in [6.45, 7) is 5.30. The van der Waals surface area contributed by atoms with Crippen LogP contribution < -0.4 is 5.56 Å². The van der Waals surface area contributed by atoms with Gasteiger partial charge in [0.25, 0.3) is 5.56 Å². The maximum absolute atomic E-state index is 13.4. The highest BCUT2D eigenvalue weighted by Crippen LogP contribution is 2.24. The minimum Gasteiger partial charge on any atom is -0.389 e. The smallest absolute Gasteiger partial charge is 0.261 e. The summed E-state index contributed by atoms with van der Waals surface area (Å²) in [5.41, 5.74) is 1.99. The highest BCUT2D eigenvalue weighted by atomic mass is 16.5. The number of rotatable bonds is 10. The number of hydrogen-bond donors (Lipinski definition) is 1. The van der Waals surface area contributed by atoms with Crippen LogP contribution in [0.1, 0.15) is 50.0 Å². The van der Waals surface area contributed by atoms with E-state index in [0.717, 1.165) is 62.1 Å². The quantitative estimate of drug-likeness (QED) is 0.508. The van der Waals surface area contributed by atoms with E-state index in [-0.39, 0.29) is 11.6 Å². The lowest BCUT2D eigenvalue weighted by molar-refractivity contribution is 0.00471. The van der Waals surface area contributed by atoms with E-state index in [2.05, 4.69) is 11.8 Å². The lowest BCUT2D eigenvalue weighted by Crippen LogP contribution is -2.42. The van der Waals surface area contributed by atoms with Crippen molar-refractivity contribution in [3.63, 3.8) is 0 Å². The van der Waals surface area contributed by atoms with Gasteiger partial charge in [0.05, 0.1) is 30.2 Å². The number of hydrogen-bond acceptors (Lipinski definition) is 5. The average molecular weight is 450 g/mol. The molecule has 1 atom stereocenters. The van der Waals surface area contributed by atoms with Crippen molar-refractivity contribution in [3.8, 4) is 0 Å². The number of aliphatic hydroxyl groups excluding tert-OH is 1. The van der Waals surface area contributed by atoms with Crippen molar-refractivity contribution in [1.29, 1.82) is 0 Å². The van der Waals surface area contributed by atoms with Crippen LogP contribution in [0, 0.1) is 0 Å². The summed E-state index contributed by atoms with van der Waals surface area (Å²) in [6, 6.07) is 17.8. The predicted octanol–water partition coefficient (Wildman–Crippen LogP) is 3.95. The average Bonchev–Trinajstić information content (AvgIpc) is 2.84. The third kappa shape index (κ3) is 6.08. The van der Waals surface area contributed by atoms with Crippen LogP contribution in [0.3, 0.4) is 0 Å². The molecule has 3 aromatic rings. The largest absolute Gasteiger partial charge is 0.389 e. The zero-order chi connectivity index (χ0) is 23.0. The molecule has 0 spiro atoms. The second kappa shape index (κ2) is 11.5. The highest BCUT2D eigenvalue weighted by Gasteiger charge is 2.25. The van der Waals surface area contributed by atoms with Gasteiger partial charge in [-0.2, -0.15) is 0 Å².